The molecule has 0 unspecified atom stereocenters. The van der Waals surface area contributed by atoms with Crippen LogP contribution in [0.1, 0.15) is 37.8 Å². The van der Waals surface area contributed by atoms with E-state index >= 15 is 4.39 Å². The van der Waals surface area contributed by atoms with Gasteiger partial charge in [-0.2, -0.15) is 10.4 Å². The number of nitrogens with zero attached hydrogens (tertiary/aromatic N) is 3. The Kier molecular flexibility index (Phi) is 8.74. The van der Waals surface area contributed by atoms with Crippen molar-refractivity contribution in [3.05, 3.63) is 65.1 Å². The van der Waals surface area contributed by atoms with Gasteiger partial charge in [-0.15, -0.1) is 0 Å². The van der Waals surface area contributed by atoms with Crippen LogP contribution in [-0.2, 0) is 22.5 Å². The van der Waals surface area contributed by atoms with E-state index in [2.05, 4.69) is 6.07 Å². The van der Waals surface area contributed by atoms with E-state index in [1.165, 1.54) is 6.07 Å². The molecule has 1 saturated carbocycles. The van der Waals surface area contributed by atoms with E-state index in [9.17, 15) is 10.1 Å². The minimum atomic E-state index is -0.949. The Hall–Kier alpha value is -3.21. The van der Waals surface area contributed by atoms with Gasteiger partial charge in [-0.05, 0) is 43.6 Å². The Morgan fingerprint density at radius 1 is 1.14 bits per heavy atom. The molecule has 0 radical (unpaired) electrons. The molecular weight excluding hydrogens is 481 g/mol. The van der Waals surface area contributed by atoms with Crippen molar-refractivity contribution in [2.45, 2.75) is 45.1 Å². The standard InChI is InChI=1S/C28H29ClFN3O3/c29-23-9-4-8-22(27(23)30)26-24(10-5-15-31)32-33(28(26)21-6-2-1-3-7-21)16-19-11-13-20(14-12-19)17-36-18-25(34)35/h1-4,6-9,19-20H,5,10-14,16-18H2,(H,34,35)/t19-,20+. The SMILES string of the molecule is N#CCCc1nn(C[C@H]2CC[C@@H](COCC(=O)O)CC2)c(-c2ccccc2)c1-c1cccc(Cl)c1F. The Balaban J connectivity index is 1.66. The highest BCUT2D eigenvalue weighted by molar-refractivity contribution is 6.31. The number of aliphatic carboxylic acids is 1. The highest BCUT2D eigenvalue weighted by atomic mass is 35.5. The summed E-state index contributed by atoms with van der Waals surface area (Å²) in [6.07, 6.45) is 4.57. The summed E-state index contributed by atoms with van der Waals surface area (Å²) in [5.74, 6) is -0.705. The molecule has 0 amide bonds. The predicted octanol–water partition coefficient (Wildman–Crippen LogP) is 6.37. The number of rotatable bonds is 10. The van der Waals surface area contributed by atoms with Crippen LogP contribution in [-0.4, -0.2) is 34.1 Å². The normalized spacial score (nSPS) is 17.6. The molecular formula is C28H29ClFN3O3. The second-order valence-electron chi connectivity index (χ2n) is 9.27. The number of aromatic nitrogens is 2. The zero-order chi connectivity index (χ0) is 25.5. The number of halogens is 2. The van der Waals surface area contributed by atoms with Crippen LogP contribution in [0.15, 0.2) is 48.5 Å². The average molecular weight is 510 g/mol. The molecule has 4 rings (SSSR count). The van der Waals surface area contributed by atoms with E-state index in [0.717, 1.165) is 36.9 Å². The first-order chi connectivity index (χ1) is 17.5. The Morgan fingerprint density at radius 2 is 1.86 bits per heavy atom. The summed E-state index contributed by atoms with van der Waals surface area (Å²) in [5, 5.41) is 23.0. The van der Waals surface area contributed by atoms with E-state index in [0.29, 0.717) is 48.2 Å². The summed E-state index contributed by atoms with van der Waals surface area (Å²) in [7, 11) is 0. The largest absolute Gasteiger partial charge is 0.480 e. The number of ether oxygens (including phenoxy) is 1. The fourth-order valence-corrected chi connectivity index (χ4v) is 5.17. The number of benzene rings is 2. The second kappa shape index (κ2) is 12.2. The molecule has 36 heavy (non-hydrogen) atoms. The van der Waals surface area contributed by atoms with Gasteiger partial charge in [-0.25, -0.2) is 9.18 Å². The molecule has 188 valence electrons. The lowest BCUT2D eigenvalue weighted by atomic mass is 9.82. The Bertz CT molecular complexity index is 1230. The summed E-state index contributed by atoms with van der Waals surface area (Å²) < 4.78 is 22.5. The summed E-state index contributed by atoms with van der Waals surface area (Å²) in [6, 6.07) is 17.0. The van der Waals surface area contributed by atoms with Gasteiger partial charge in [0.25, 0.3) is 0 Å². The highest BCUT2D eigenvalue weighted by Gasteiger charge is 2.27. The number of hydrogen-bond acceptors (Lipinski definition) is 4. The van der Waals surface area contributed by atoms with Gasteiger partial charge in [-0.3, -0.25) is 4.68 Å². The predicted molar refractivity (Wildman–Crippen MR) is 136 cm³/mol. The number of nitriles is 1. The van der Waals surface area contributed by atoms with Crippen molar-refractivity contribution >= 4 is 17.6 Å². The third-order valence-electron chi connectivity index (χ3n) is 6.74. The molecule has 1 N–H and O–H groups in total. The molecule has 1 aliphatic carbocycles. The molecule has 1 aromatic heterocycles. The van der Waals surface area contributed by atoms with Crippen LogP contribution >= 0.6 is 11.6 Å². The van der Waals surface area contributed by atoms with Crippen LogP contribution in [0, 0.1) is 29.0 Å². The lowest BCUT2D eigenvalue weighted by Gasteiger charge is -2.28. The quantitative estimate of drug-likeness (QED) is 0.343. The van der Waals surface area contributed by atoms with Crippen molar-refractivity contribution in [2.75, 3.05) is 13.2 Å². The molecule has 3 aromatic rings. The maximum absolute atomic E-state index is 15.3. The number of carboxylic acids is 1. The van der Waals surface area contributed by atoms with E-state index in [1.54, 1.807) is 12.1 Å². The van der Waals surface area contributed by atoms with E-state index in [1.807, 2.05) is 35.0 Å². The van der Waals surface area contributed by atoms with E-state index < -0.39 is 11.8 Å². The Labute approximate surface area is 215 Å². The van der Waals surface area contributed by atoms with Crippen molar-refractivity contribution < 1.29 is 19.0 Å². The van der Waals surface area contributed by atoms with Crippen LogP contribution < -0.4 is 0 Å². The third kappa shape index (κ3) is 6.13. The van der Waals surface area contributed by atoms with Gasteiger partial charge >= 0.3 is 5.97 Å². The topological polar surface area (TPSA) is 88.1 Å². The first-order valence-electron chi connectivity index (χ1n) is 12.2. The molecule has 1 aliphatic rings. The van der Waals surface area contributed by atoms with Crippen LogP contribution in [0.25, 0.3) is 22.4 Å². The van der Waals surface area contributed by atoms with Crippen LogP contribution in [0.3, 0.4) is 0 Å². The highest BCUT2D eigenvalue weighted by Crippen LogP contribution is 2.40. The Morgan fingerprint density at radius 3 is 2.56 bits per heavy atom. The van der Waals surface area contributed by atoms with Gasteiger partial charge in [0.05, 0.1) is 29.1 Å². The second-order valence-corrected chi connectivity index (χ2v) is 9.68. The fraction of sp³-hybridized carbons (Fsp3) is 0.393. The molecule has 1 heterocycles. The molecule has 0 bridgehead atoms. The number of aryl methyl sites for hydroxylation is 1. The number of carbonyl (C=O) groups is 1. The van der Waals surface area contributed by atoms with Crippen LogP contribution in [0.2, 0.25) is 5.02 Å². The zero-order valence-electron chi connectivity index (χ0n) is 20.0. The molecule has 0 aliphatic heterocycles. The van der Waals surface area contributed by atoms with Crippen molar-refractivity contribution in [1.82, 2.24) is 9.78 Å². The molecule has 0 saturated heterocycles. The average Bonchev–Trinajstić information content (AvgIpc) is 3.23. The lowest BCUT2D eigenvalue weighted by Crippen LogP contribution is -2.23. The van der Waals surface area contributed by atoms with Crippen molar-refractivity contribution in [3.8, 4) is 28.5 Å². The van der Waals surface area contributed by atoms with E-state index in [4.69, 9.17) is 26.5 Å². The van der Waals surface area contributed by atoms with Gasteiger partial charge in [0.1, 0.15) is 12.4 Å². The smallest absolute Gasteiger partial charge is 0.329 e. The lowest BCUT2D eigenvalue weighted by molar-refractivity contribution is -0.142. The van der Waals surface area contributed by atoms with Gasteiger partial charge < -0.3 is 9.84 Å². The van der Waals surface area contributed by atoms with E-state index in [-0.39, 0.29) is 18.1 Å². The molecule has 0 atom stereocenters. The molecule has 6 nitrogen and oxygen atoms in total. The molecule has 1 fully saturated rings. The summed E-state index contributed by atoms with van der Waals surface area (Å²) in [6.45, 7) is 0.878. The fourth-order valence-electron chi connectivity index (χ4n) is 5.00. The number of carboxylic acid groups (broad SMARTS) is 1. The summed E-state index contributed by atoms with van der Waals surface area (Å²) in [4.78, 5) is 10.7. The summed E-state index contributed by atoms with van der Waals surface area (Å²) >= 11 is 6.15. The minimum absolute atomic E-state index is 0.0499. The van der Waals surface area contributed by atoms with Crippen molar-refractivity contribution in [1.29, 1.82) is 5.26 Å². The zero-order valence-corrected chi connectivity index (χ0v) is 20.8. The maximum Gasteiger partial charge on any atom is 0.329 e. The third-order valence-corrected chi connectivity index (χ3v) is 7.04. The first kappa shape index (κ1) is 25.9. The molecule has 2 aromatic carbocycles. The van der Waals surface area contributed by atoms with Crippen LogP contribution in [0.5, 0.6) is 0 Å². The van der Waals surface area contributed by atoms with Crippen LogP contribution in [0.4, 0.5) is 4.39 Å². The van der Waals surface area contributed by atoms with Gasteiger partial charge in [-0.1, -0.05) is 54.1 Å². The minimum Gasteiger partial charge on any atom is -0.480 e. The first-order valence-corrected chi connectivity index (χ1v) is 12.6. The van der Waals surface area contributed by atoms with Crippen molar-refractivity contribution in [3.63, 3.8) is 0 Å². The monoisotopic (exact) mass is 509 g/mol. The molecule has 8 heteroatoms. The van der Waals surface area contributed by atoms with Crippen molar-refractivity contribution in [2.24, 2.45) is 11.8 Å². The van der Waals surface area contributed by atoms with Gasteiger partial charge in [0, 0.05) is 36.1 Å². The summed E-state index contributed by atoms with van der Waals surface area (Å²) in [5.41, 5.74) is 3.52. The molecule has 0 spiro atoms. The van der Waals surface area contributed by atoms with Gasteiger partial charge in [0.2, 0.25) is 0 Å². The number of hydrogen-bond donors (Lipinski definition) is 1. The van der Waals surface area contributed by atoms with Gasteiger partial charge in [0.15, 0.2) is 0 Å². The maximum atomic E-state index is 15.3.